The molecule has 0 bridgehead atoms. The van der Waals surface area contributed by atoms with E-state index in [1.165, 1.54) is 25.7 Å². The van der Waals surface area contributed by atoms with Gasteiger partial charge in [-0.15, -0.1) is 0 Å². The molecule has 26 heavy (non-hydrogen) atoms. The summed E-state index contributed by atoms with van der Waals surface area (Å²) in [6, 6.07) is 7.34. The first kappa shape index (κ1) is 19.0. The van der Waals surface area contributed by atoms with Gasteiger partial charge in [-0.25, -0.2) is 0 Å². The van der Waals surface area contributed by atoms with Crippen molar-refractivity contribution in [3.05, 3.63) is 57.8 Å². The van der Waals surface area contributed by atoms with Crippen molar-refractivity contribution in [2.24, 2.45) is 0 Å². The van der Waals surface area contributed by atoms with Gasteiger partial charge in [0, 0.05) is 35.9 Å². The monoisotopic (exact) mass is 391 g/mol. The Balaban J connectivity index is 1.58. The summed E-state index contributed by atoms with van der Waals surface area (Å²) in [5, 5.41) is 4.17. The Labute approximate surface area is 164 Å². The lowest BCUT2D eigenvalue weighted by Gasteiger charge is -2.22. The molecule has 1 aromatic heterocycles. The minimum Gasteiger partial charge on any atom is -0.370 e. The predicted molar refractivity (Wildman–Crippen MR) is 107 cm³/mol. The van der Waals surface area contributed by atoms with Crippen molar-refractivity contribution in [3.8, 4) is 0 Å². The molecule has 6 heteroatoms. The summed E-state index contributed by atoms with van der Waals surface area (Å²) >= 11 is 12.1. The van der Waals surface area contributed by atoms with E-state index in [2.05, 4.69) is 15.2 Å². The van der Waals surface area contributed by atoms with E-state index in [-0.39, 0.29) is 5.91 Å². The Morgan fingerprint density at radius 2 is 1.85 bits per heavy atom. The molecule has 0 spiro atoms. The van der Waals surface area contributed by atoms with E-state index in [0.717, 1.165) is 24.3 Å². The van der Waals surface area contributed by atoms with Crippen LogP contribution in [0.15, 0.2) is 36.7 Å². The van der Waals surface area contributed by atoms with Gasteiger partial charge in [-0.1, -0.05) is 42.1 Å². The number of anilines is 1. The molecule has 2 aromatic rings. The third kappa shape index (κ3) is 5.12. The molecule has 1 amide bonds. The van der Waals surface area contributed by atoms with E-state index >= 15 is 0 Å². The fourth-order valence-electron chi connectivity index (χ4n) is 3.19. The van der Waals surface area contributed by atoms with Crippen molar-refractivity contribution < 1.29 is 4.79 Å². The number of pyridine rings is 1. The zero-order valence-electron chi connectivity index (χ0n) is 14.7. The van der Waals surface area contributed by atoms with Gasteiger partial charge >= 0.3 is 0 Å². The van der Waals surface area contributed by atoms with Crippen LogP contribution in [0, 0.1) is 0 Å². The molecular formula is C20H23Cl2N3O. The summed E-state index contributed by atoms with van der Waals surface area (Å²) in [6.45, 7) is 2.57. The van der Waals surface area contributed by atoms with Crippen molar-refractivity contribution >= 4 is 34.8 Å². The number of carbonyl (C=O) groups excluding carboxylic acids is 1. The number of hydrogen-bond acceptors (Lipinski definition) is 3. The molecule has 3 rings (SSSR count). The summed E-state index contributed by atoms with van der Waals surface area (Å²) in [7, 11) is 0. The molecule has 2 heterocycles. The van der Waals surface area contributed by atoms with Crippen LogP contribution in [0.3, 0.4) is 0 Å². The molecule has 1 saturated heterocycles. The highest BCUT2D eigenvalue weighted by Crippen LogP contribution is 2.21. The first-order chi connectivity index (χ1) is 12.6. The summed E-state index contributed by atoms with van der Waals surface area (Å²) in [6.07, 6.45) is 9.05. The minimum atomic E-state index is -0.112. The van der Waals surface area contributed by atoms with Gasteiger partial charge in [-0.3, -0.25) is 9.78 Å². The van der Waals surface area contributed by atoms with Crippen LogP contribution in [-0.2, 0) is 6.42 Å². The minimum absolute atomic E-state index is 0.112. The maximum absolute atomic E-state index is 12.5. The first-order valence-electron chi connectivity index (χ1n) is 9.05. The van der Waals surface area contributed by atoms with Gasteiger partial charge in [0.15, 0.2) is 0 Å². The zero-order valence-corrected chi connectivity index (χ0v) is 16.2. The van der Waals surface area contributed by atoms with Crippen molar-refractivity contribution in [2.75, 3.05) is 24.5 Å². The third-order valence-corrected chi connectivity index (χ3v) is 5.24. The number of carbonyl (C=O) groups is 1. The normalized spacial score (nSPS) is 14.8. The maximum atomic E-state index is 12.5. The number of hydrogen-bond donors (Lipinski definition) is 1. The van der Waals surface area contributed by atoms with Crippen molar-refractivity contribution in [3.63, 3.8) is 0 Å². The lowest BCUT2D eigenvalue weighted by Crippen LogP contribution is -2.27. The Kier molecular flexibility index (Phi) is 6.75. The van der Waals surface area contributed by atoms with Crippen LogP contribution in [0.4, 0.5) is 5.69 Å². The molecule has 0 aliphatic carbocycles. The predicted octanol–water partition coefficient (Wildman–Crippen LogP) is 4.74. The Morgan fingerprint density at radius 3 is 2.58 bits per heavy atom. The van der Waals surface area contributed by atoms with E-state index in [0.29, 0.717) is 28.6 Å². The lowest BCUT2D eigenvalue weighted by molar-refractivity contribution is 0.0954. The van der Waals surface area contributed by atoms with E-state index in [1.54, 1.807) is 18.3 Å². The molecule has 1 aliphatic heterocycles. The standard InChI is InChI=1S/C20H23Cl2N3O/c21-17-6-5-15(19(22)12-17)7-8-24-20(26)16-11-18(14-23-13-16)25-9-3-1-2-4-10-25/h5-6,11-14H,1-4,7-10H2,(H,24,26). The van der Waals surface area contributed by atoms with E-state index < -0.39 is 0 Å². The van der Waals surface area contributed by atoms with Crippen LogP contribution in [0.5, 0.6) is 0 Å². The van der Waals surface area contributed by atoms with Gasteiger partial charge in [-0.2, -0.15) is 0 Å². The number of nitrogens with one attached hydrogen (secondary N) is 1. The number of halogens is 2. The molecule has 1 aromatic carbocycles. The van der Waals surface area contributed by atoms with Crippen LogP contribution >= 0.6 is 23.2 Å². The molecule has 1 fully saturated rings. The van der Waals surface area contributed by atoms with Crippen LogP contribution < -0.4 is 10.2 Å². The van der Waals surface area contributed by atoms with Gasteiger partial charge in [-0.05, 0) is 43.0 Å². The zero-order chi connectivity index (χ0) is 18.4. The molecular weight excluding hydrogens is 369 g/mol. The van der Waals surface area contributed by atoms with Gasteiger partial charge in [0.1, 0.15) is 0 Å². The van der Waals surface area contributed by atoms with Gasteiger partial charge < -0.3 is 10.2 Å². The molecule has 138 valence electrons. The maximum Gasteiger partial charge on any atom is 0.252 e. The Hall–Kier alpha value is -1.78. The highest BCUT2D eigenvalue weighted by Gasteiger charge is 2.13. The van der Waals surface area contributed by atoms with Crippen LogP contribution in [0.1, 0.15) is 41.6 Å². The summed E-state index contributed by atoms with van der Waals surface area (Å²) in [4.78, 5) is 19.0. The highest BCUT2D eigenvalue weighted by molar-refractivity contribution is 6.35. The molecule has 0 saturated carbocycles. The van der Waals surface area contributed by atoms with E-state index in [1.807, 2.05) is 18.3 Å². The topological polar surface area (TPSA) is 45.2 Å². The van der Waals surface area contributed by atoms with Crippen LogP contribution in [0.2, 0.25) is 10.0 Å². The Bertz CT molecular complexity index is 758. The first-order valence-corrected chi connectivity index (χ1v) is 9.81. The number of aromatic nitrogens is 1. The summed E-state index contributed by atoms with van der Waals surface area (Å²) in [5.41, 5.74) is 2.59. The summed E-state index contributed by atoms with van der Waals surface area (Å²) in [5.74, 6) is -0.112. The van der Waals surface area contributed by atoms with Gasteiger partial charge in [0.25, 0.3) is 5.91 Å². The fourth-order valence-corrected chi connectivity index (χ4v) is 3.69. The number of rotatable bonds is 5. The fraction of sp³-hybridized carbons (Fsp3) is 0.400. The van der Waals surface area contributed by atoms with Crippen molar-refractivity contribution in [1.82, 2.24) is 10.3 Å². The summed E-state index contributed by atoms with van der Waals surface area (Å²) < 4.78 is 0. The second-order valence-corrected chi connectivity index (χ2v) is 7.42. The number of benzene rings is 1. The quantitative estimate of drug-likeness (QED) is 0.800. The van der Waals surface area contributed by atoms with E-state index in [9.17, 15) is 4.79 Å². The largest absolute Gasteiger partial charge is 0.370 e. The highest BCUT2D eigenvalue weighted by atomic mass is 35.5. The second-order valence-electron chi connectivity index (χ2n) is 6.57. The molecule has 4 nitrogen and oxygen atoms in total. The van der Waals surface area contributed by atoms with Crippen LogP contribution in [0.25, 0.3) is 0 Å². The SMILES string of the molecule is O=C(NCCc1ccc(Cl)cc1Cl)c1cncc(N2CCCCCC2)c1. The average molecular weight is 392 g/mol. The average Bonchev–Trinajstić information content (AvgIpc) is 2.93. The third-order valence-electron chi connectivity index (χ3n) is 4.65. The number of nitrogens with zero attached hydrogens (tertiary/aromatic N) is 2. The smallest absolute Gasteiger partial charge is 0.252 e. The Morgan fingerprint density at radius 1 is 1.08 bits per heavy atom. The van der Waals surface area contributed by atoms with Gasteiger partial charge in [0.2, 0.25) is 0 Å². The molecule has 0 atom stereocenters. The van der Waals surface area contributed by atoms with Gasteiger partial charge in [0.05, 0.1) is 17.4 Å². The van der Waals surface area contributed by atoms with E-state index in [4.69, 9.17) is 23.2 Å². The van der Waals surface area contributed by atoms with Crippen molar-refractivity contribution in [1.29, 1.82) is 0 Å². The molecule has 0 radical (unpaired) electrons. The second kappa shape index (κ2) is 9.24. The lowest BCUT2D eigenvalue weighted by atomic mass is 10.1. The molecule has 1 aliphatic rings. The number of amides is 1. The van der Waals surface area contributed by atoms with Crippen molar-refractivity contribution in [2.45, 2.75) is 32.1 Å². The molecule has 0 unspecified atom stereocenters. The van der Waals surface area contributed by atoms with Crippen LogP contribution in [-0.4, -0.2) is 30.5 Å². The molecule has 1 N–H and O–H groups in total.